The lowest BCUT2D eigenvalue weighted by molar-refractivity contribution is 0.510. The minimum Gasteiger partial charge on any atom is -0.349 e. The summed E-state index contributed by atoms with van der Waals surface area (Å²) in [6, 6.07) is 6.86. The fraction of sp³-hybridized carbons (Fsp3) is 0.0625. The van der Waals surface area contributed by atoms with Crippen LogP contribution in [0.25, 0.3) is 10.9 Å². The number of sulfone groups is 1. The summed E-state index contributed by atoms with van der Waals surface area (Å²) in [6.45, 7) is 0. The molecule has 2 aromatic carbocycles. The van der Waals surface area contributed by atoms with Crippen molar-refractivity contribution in [3.8, 4) is 0 Å². The Hall–Kier alpha value is -2.25. The third-order valence-corrected chi connectivity index (χ3v) is 5.63. The van der Waals surface area contributed by atoms with Gasteiger partial charge in [-0.2, -0.15) is 0 Å². The molecule has 0 aliphatic heterocycles. The molecule has 3 aromatic rings. The average Bonchev–Trinajstić information content (AvgIpc) is 2.53. The summed E-state index contributed by atoms with van der Waals surface area (Å²) in [6.07, 6.45) is 1.09. The van der Waals surface area contributed by atoms with Gasteiger partial charge in [-0.3, -0.25) is 4.79 Å². The van der Waals surface area contributed by atoms with E-state index in [4.69, 9.17) is 11.6 Å². The van der Waals surface area contributed by atoms with Crippen LogP contribution in [0.5, 0.6) is 0 Å². The van der Waals surface area contributed by atoms with Crippen LogP contribution in [-0.2, 0) is 16.9 Å². The molecule has 0 fully saturated rings. The van der Waals surface area contributed by atoms with E-state index in [-0.39, 0.29) is 15.8 Å². The minimum atomic E-state index is -4.13. The molecule has 0 aliphatic carbocycles. The highest BCUT2D eigenvalue weighted by Gasteiger charge is 2.24. The van der Waals surface area contributed by atoms with Gasteiger partial charge in [0, 0.05) is 24.3 Å². The van der Waals surface area contributed by atoms with Gasteiger partial charge in [-0.25, -0.2) is 17.2 Å². The lowest BCUT2D eigenvalue weighted by Gasteiger charge is -2.10. The molecule has 1 heterocycles. The molecule has 0 spiro atoms. The maximum atomic E-state index is 13.5. The van der Waals surface area contributed by atoms with Gasteiger partial charge in [0.2, 0.25) is 15.3 Å². The Balaban J connectivity index is 2.35. The van der Waals surface area contributed by atoms with Gasteiger partial charge in [0.05, 0.1) is 15.8 Å². The SMILES string of the molecule is Cn1cc(S(=O)(=O)c2ccc(Cl)cc2)c(=O)c2cc(F)c(F)cc21. The fourth-order valence-electron chi connectivity index (χ4n) is 2.38. The van der Waals surface area contributed by atoms with E-state index in [1.807, 2.05) is 0 Å². The van der Waals surface area contributed by atoms with Crippen molar-refractivity contribution in [2.45, 2.75) is 9.79 Å². The molecule has 0 atom stereocenters. The van der Waals surface area contributed by atoms with Gasteiger partial charge in [-0.15, -0.1) is 0 Å². The summed E-state index contributed by atoms with van der Waals surface area (Å²) in [4.78, 5) is 11.9. The van der Waals surface area contributed by atoms with Crippen LogP contribution >= 0.6 is 11.6 Å². The summed E-state index contributed by atoms with van der Waals surface area (Å²) in [5.74, 6) is -2.34. The highest BCUT2D eigenvalue weighted by molar-refractivity contribution is 7.91. The number of nitrogens with zero attached hydrogens (tertiary/aromatic N) is 1. The third-order valence-electron chi connectivity index (χ3n) is 3.61. The standard InChI is InChI=1S/C16H10ClF2NO3S/c1-20-8-15(24(22,23)10-4-2-9(17)3-5-10)16(21)11-6-12(18)13(19)7-14(11)20/h2-8H,1H3. The maximum absolute atomic E-state index is 13.5. The number of hydrogen-bond donors (Lipinski definition) is 0. The van der Waals surface area contributed by atoms with Crippen molar-refractivity contribution >= 4 is 32.3 Å². The zero-order valence-corrected chi connectivity index (χ0v) is 13.8. The van der Waals surface area contributed by atoms with Crippen LogP contribution < -0.4 is 5.43 Å². The van der Waals surface area contributed by atoms with E-state index in [2.05, 4.69) is 0 Å². The van der Waals surface area contributed by atoms with E-state index in [0.29, 0.717) is 11.1 Å². The van der Waals surface area contributed by atoms with E-state index < -0.39 is 31.8 Å². The van der Waals surface area contributed by atoms with Gasteiger partial charge >= 0.3 is 0 Å². The molecule has 8 heteroatoms. The second kappa shape index (κ2) is 5.68. The second-order valence-corrected chi connectivity index (χ2v) is 7.53. The third kappa shape index (κ3) is 2.59. The Kier molecular flexibility index (Phi) is 3.93. The molecular weight excluding hydrogens is 360 g/mol. The fourth-order valence-corrected chi connectivity index (χ4v) is 3.90. The molecule has 3 rings (SSSR count). The molecule has 0 radical (unpaired) electrons. The summed E-state index contributed by atoms with van der Waals surface area (Å²) < 4.78 is 53.5. The van der Waals surface area contributed by atoms with E-state index in [0.717, 1.165) is 12.3 Å². The predicted molar refractivity (Wildman–Crippen MR) is 86.0 cm³/mol. The number of hydrogen-bond acceptors (Lipinski definition) is 3. The van der Waals surface area contributed by atoms with Crippen LogP contribution in [0.4, 0.5) is 8.78 Å². The maximum Gasteiger partial charge on any atom is 0.211 e. The first-order chi connectivity index (χ1) is 11.2. The lowest BCUT2D eigenvalue weighted by atomic mass is 10.2. The van der Waals surface area contributed by atoms with Crippen molar-refractivity contribution in [1.82, 2.24) is 4.57 Å². The van der Waals surface area contributed by atoms with E-state index in [9.17, 15) is 22.0 Å². The minimum absolute atomic E-state index is 0.0916. The van der Waals surface area contributed by atoms with Crippen LogP contribution in [0.3, 0.4) is 0 Å². The Morgan fingerprint density at radius 3 is 2.25 bits per heavy atom. The monoisotopic (exact) mass is 369 g/mol. The van der Waals surface area contributed by atoms with Crippen molar-refractivity contribution in [3.05, 3.63) is 69.5 Å². The first kappa shape index (κ1) is 16.6. The lowest BCUT2D eigenvalue weighted by Crippen LogP contribution is -2.18. The summed E-state index contributed by atoms with van der Waals surface area (Å²) in [5, 5.41) is 0.129. The zero-order chi connectivity index (χ0) is 17.6. The topological polar surface area (TPSA) is 56.1 Å². The van der Waals surface area contributed by atoms with E-state index in [1.165, 1.54) is 35.9 Å². The van der Waals surface area contributed by atoms with Gasteiger partial charge in [0.15, 0.2) is 11.6 Å². The molecule has 0 unspecified atom stereocenters. The first-order valence-corrected chi connectivity index (χ1v) is 8.57. The Labute approximate surface area is 140 Å². The zero-order valence-electron chi connectivity index (χ0n) is 12.3. The summed E-state index contributed by atoms with van der Waals surface area (Å²) in [7, 11) is -2.69. The Morgan fingerprint density at radius 1 is 1.04 bits per heavy atom. The van der Waals surface area contributed by atoms with Crippen molar-refractivity contribution in [3.63, 3.8) is 0 Å². The molecule has 0 saturated carbocycles. The number of rotatable bonds is 2. The summed E-state index contributed by atoms with van der Waals surface area (Å²) >= 11 is 5.74. The second-order valence-electron chi connectivity index (χ2n) is 5.17. The number of aryl methyl sites for hydroxylation is 1. The van der Waals surface area contributed by atoms with Crippen LogP contribution in [0.15, 0.2) is 57.2 Å². The van der Waals surface area contributed by atoms with Gasteiger partial charge in [-0.05, 0) is 30.3 Å². The largest absolute Gasteiger partial charge is 0.349 e. The highest BCUT2D eigenvalue weighted by Crippen LogP contribution is 2.23. The molecule has 0 bridgehead atoms. The molecular formula is C16H10ClF2NO3S. The van der Waals surface area contributed by atoms with Crippen molar-refractivity contribution in [2.24, 2.45) is 7.05 Å². The number of aromatic nitrogens is 1. The predicted octanol–water partition coefficient (Wildman–Crippen LogP) is 3.30. The van der Waals surface area contributed by atoms with Crippen molar-refractivity contribution in [2.75, 3.05) is 0 Å². The Morgan fingerprint density at radius 2 is 1.62 bits per heavy atom. The quantitative estimate of drug-likeness (QED) is 0.696. The highest BCUT2D eigenvalue weighted by atomic mass is 35.5. The molecule has 4 nitrogen and oxygen atoms in total. The first-order valence-electron chi connectivity index (χ1n) is 6.71. The molecule has 1 aromatic heterocycles. The van der Waals surface area contributed by atoms with Gasteiger partial charge in [0.1, 0.15) is 4.90 Å². The normalized spacial score (nSPS) is 11.8. The van der Waals surface area contributed by atoms with Crippen LogP contribution in [0, 0.1) is 11.6 Å². The number of pyridine rings is 1. The number of fused-ring (bicyclic) bond motifs is 1. The van der Waals surface area contributed by atoms with Gasteiger partial charge < -0.3 is 4.57 Å². The van der Waals surface area contributed by atoms with Crippen LogP contribution in [-0.4, -0.2) is 13.0 Å². The van der Waals surface area contributed by atoms with Crippen LogP contribution in [0.1, 0.15) is 0 Å². The average molecular weight is 370 g/mol. The molecule has 0 amide bonds. The number of benzene rings is 2. The van der Waals surface area contributed by atoms with Crippen molar-refractivity contribution in [1.29, 1.82) is 0 Å². The Bertz CT molecular complexity index is 1120. The molecule has 0 N–H and O–H groups in total. The van der Waals surface area contributed by atoms with E-state index in [1.54, 1.807) is 0 Å². The number of halogens is 3. The van der Waals surface area contributed by atoms with Gasteiger partial charge in [-0.1, -0.05) is 11.6 Å². The molecule has 24 heavy (non-hydrogen) atoms. The van der Waals surface area contributed by atoms with Gasteiger partial charge in [0.25, 0.3) is 0 Å². The van der Waals surface area contributed by atoms with Crippen molar-refractivity contribution < 1.29 is 17.2 Å². The summed E-state index contributed by atoms with van der Waals surface area (Å²) in [5.41, 5.74) is -0.800. The van der Waals surface area contributed by atoms with E-state index >= 15 is 0 Å². The molecule has 124 valence electrons. The smallest absolute Gasteiger partial charge is 0.211 e. The molecule has 0 saturated heterocycles. The molecule has 0 aliphatic rings. The van der Waals surface area contributed by atoms with Crippen LogP contribution in [0.2, 0.25) is 5.02 Å².